The van der Waals surface area contributed by atoms with Gasteiger partial charge < -0.3 is 15.0 Å². The Morgan fingerprint density at radius 1 is 1.56 bits per heavy atom. The quantitative estimate of drug-likeness (QED) is 0.730. The highest BCUT2D eigenvalue weighted by atomic mass is 16.6. The second kappa shape index (κ2) is 4.87. The van der Waals surface area contributed by atoms with Crippen LogP contribution < -0.4 is 5.32 Å². The van der Waals surface area contributed by atoms with Crippen LogP contribution in [0.3, 0.4) is 0 Å². The molecule has 92 valence electrons. The molecule has 1 amide bonds. The highest BCUT2D eigenvalue weighted by Crippen LogP contribution is 2.21. The Labute approximate surface area is 97.6 Å². The van der Waals surface area contributed by atoms with Gasteiger partial charge in [0.05, 0.1) is 6.04 Å². The van der Waals surface area contributed by atoms with E-state index in [2.05, 4.69) is 11.9 Å². The van der Waals surface area contributed by atoms with Crippen LogP contribution in [0, 0.1) is 0 Å². The molecule has 0 radical (unpaired) electrons. The van der Waals surface area contributed by atoms with Gasteiger partial charge >= 0.3 is 6.09 Å². The van der Waals surface area contributed by atoms with Gasteiger partial charge in [0, 0.05) is 12.6 Å². The van der Waals surface area contributed by atoms with Crippen molar-refractivity contribution >= 4 is 6.09 Å². The normalized spacial score (nSPS) is 25.6. The van der Waals surface area contributed by atoms with Crippen LogP contribution in [0.1, 0.15) is 27.2 Å². The molecule has 1 N–H and O–H groups in total. The van der Waals surface area contributed by atoms with Gasteiger partial charge in [0.2, 0.25) is 0 Å². The molecular weight excluding hydrogens is 204 g/mol. The average molecular weight is 226 g/mol. The lowest BCUT2D eigenvalue weighted by atomic mass is 10.1. The van der Waals surface area contributed by atoms with Crippen LogP contribution in [0.2, 0.25) is 0 Å². The van der Waals surface area contributed by atoms with Gasteiger partial charge in [-0.15, -0.1) is 6.58 Å². The smallest absolute Gasteiger partial charge is 0.410 e. The molecule has 0 unspecified atom stereocenters. The fourth-order valence-corrected chi connectivity index (χ4v) is 1.96. The summed E-state index contributed by atoms with van der Waals surface area (Å²) < 4.78 is 5.36. The van der Waals surface area contributed by atoms with Gasteiger partial charge in [0.15, 0.2) is 0 Å². The van der Waals surface area contributed by atoms with Crippen LogP contribution in [0.15, 0.2) is 12.7 Å². The fraction of sp³-hybridized carbons (Fsp3) is 0.750. The van der Waals surface area contributed by atoms with Crippen LogP contribution in [-0.4, -0.2) is 42.3 Å². The summed E-state index contributed by atoms with van der Waals surface area (Å²) in [5, 5.41) is 3.19. The number of nitrogens with one attached hydrogen (secondary N) is 1. The first-order valence-corrected chi connectivity index (χ1v) is 5.68. The molecule has 0 aromatic carbocycles. The summed E-state index contributed by atoms with van der Waals surface area (Å²) in [5.41, 5.74) is -0.444. The second-order valence-electron chi connectivity index (χ2n) is 5.08. The maximum atomic E-state index is 11.9. The van der Waals surface area contributed by atoms with Crippen LogP contribution >= 0.6 is 0 Å². The standard InChI is InChI=1S/C12H22N2O2/c1-6-10-9(13-5)7-8-14(10)11(15)16-12(2,3)4/h6,9-10,13H,1,7-8H2,2-5H3/t9-,10-/m1/s1. The Hall–Kier alpha value is -1.03. The van der Waals surface area contributed by atoms with Crippen molar-refractivity contribution in [1.82, 2.24) is 10.2 Å². The molecule has 0 spiro atoms. The first-order chi connectivity index (χ1) is 7.39. The third-order valence-corrected chi connectivity index (χ3v) is 2.69. The molecule has 2 atom stereocenters. The molecule has 0 aliphatic carbocycles. The summed E-state index contributed by atoms with van der Waals surface area (Å²) in [5.74, 6) is 0. The van der Waals surface area contributed by atoms with Gasteiger partial charge in [-0.25, -0.2) is 4.79 Å². The number of carbonyl (C=O) groups is 1. The Morgan fingerprint density at radius 2 is 2.19 bits per heavy atom. The summed E-state index contributed by atoms with van der Waals surface area (Å²) in [6.07, 6.45) is 2.49. The monoisotopic (exact) mass is 226 g/mol. The first kappa shape index (κ1) is 13.0. The molecule has 0 aromatic rings. The number of amides is 1. The van der Waals surface area contributed by atoms with Crippen molar-refractivity contribution in [3.8, 4) is 0 Å². The minimum Gasteiger partial charge on any atom is -0.444 e. The summed E-state index contributed by atoms with van der Waals surface area (Å²) in [6, 6.07) is 0.310. The topological polar surface area (TPSA) is 41.6 Å². The zero-order chi connectivity index (χ0) is 12.3. The third-order valence-electron chi connectivity index (χ3n) is 2.69. The summed E-state index contributed by atoms with van der Waals surface area (Å²) in [4.78, 5) is 13.7. The molecule has 0 saturated carbocycles. The van der Waals surface area contributed by atoms with Gasteiger partial charge in [0.25, 0.3) is 0 Å². The Bertz CT molecular complexity index is 271. The first-order valence-electron chi connectivity index (χ1n) is 5.68. The van der Waals surface area contributed by atoms with Gasteiger partial charge in [-0.1, -0.05) is 6.08 Å². The number of nitrogens with zero attached hydrogens (tertiary/aromatic N) is 1. The van der Waals surface area contributed by atoms with Crippen LogP contribution in [-0.2, 0) is 4.74 Å². The van der Waals surface area contributed by atoms with E-state index in [1.807, 2.05) is 27.8 Å². The summed E-state index contributed by atoms with van der Waals surface area (Å²) >= 11 is 0. The minimum absolute atomic E-state index is 0.0276. The molecule has 1 aliphatic rings. The number of hydrogen-bond acceptors (Lipinski definition) is 3. The molecule has 1 aliphatic heterocycles. The molecule has 4 nitrogen and oxygen atoms in total. The molecule has 1 heterocycles. The lowest BCUT2D eigenvalue weighted by Gasteiger charge is -2.28. The van der Waals surface area contributed by atoms with Crippen LogP contribution in [0.25, 0.3) is 0 Å². The maximum Gasteiger partial charge on any atom is 0.410 e. The van der Waals surface area contributed by atoms with E-state index in [0.717, 1.165) is 13.0 Å². The van der Waals surface area contributed by atoms with Crippen molar-refractivity contribution < 1.29 is 9.53 Å². The number of likely N-dealkylation sites (tertiary alicyclic amines) is 1. The van der Waals surface area contributed by atoms with E-state index in [4.69, 9.17) is 4.74 Å². The third kappa shape index (κ3) is 2.98. The summed E-state index contributed by atoms with van der Waals surface area (Å²) in [7, 11) is 1.90. The molecule has 1 fully saturated rings. The molecule has 0 aromatic heterocycles. The Morgan fingerprint density at radius 3 is 2.62 bits per heavy atom. The van der Waals surface area contributed by atoms with E-state index in [0.29, 0.717) is 0 Å². The SMILES string of the molecule is C=C[C@@H]1[C@H](NC)CCN1C(=O)OC(C)(C)C. The Kier molecular flexibility index (Phi) is 3.97. The van der Waals surface area contributed by atoms with Crippen LogP contribution in [0.4, 0.5) is 4.79 Å². The molecular formula is C12H22N2O2. The fourth-order valence-electron chi connectivity index (χ4n) is 1.96. The molecule has 1 rings (SSSR count). The van der Waals surface area contributed by atoms with Gasteiger partial charge in [-0.3, -0.25) is 0 Å². The minimum atomic E-state index is -0.444. The van der Waals surface area contributed by atoms with Crippen molar-refractivity contribution in [2.45, 2.75) is 44.9 Å². The summed E-state index contributed by atoms with van der Waals surface area (Å²) in [6.45, 7) is 10.1. The van der Waals surface area contributed by atoms with Gasteiger partial charge in [-0.05, 0) is 34.2 Å². The van der Waals surface area contributed by atoms with E-state index >= 15 is 0 Å². The maximum absolute atomic E-state index is 11.9. The lowest BCUT2D eigenvalue weighted by molar-refractivity contribution is 0.0249. The highest BCUT2D eigenvalue weighted by molar-refractivity contribution is 5.69. The van der Waals surface area contributed by atoms with E-state index in [9.17, 15) is 4.79 Å². The highest BCUT2D eigenvalue weighted by Gasteiger charge is 2.36. The zero-order valence-electron chi connectivity index (χ0n) is 10.6. The number of hydrogen-bond donors (Lipinski definition) is 1. The van der Waals surface area contributed by atoms with Crippen molar-refractivity contribution in [2.75, 3.05) is 13.6 Å². The lowest BCUT2D eigenvalue weighted by Crippen LogP contribution is -2.44. The van der Waals surface area contributed by atoms with Gasteiger partial charge in [0.1, 0.15) is 5.60 Å². The van der Waals surface area contributed by atoms with Crippen molar-refractivity contribution in [3.05, 3.63) is 12.7 Å². The van der Waals surface area contributed by atoms with Crippen molar-refractivity contribution in [2.24, 2.45) is 0 Å². The number of likely N-dealkylation sites (N-methyl/N-ethyl adjacent to an activating group) is 1. The van der Waals surface area contributed by atoms with E-state index in [1.165, 1.54) is 0 Å². The molecule has 4 heteroatoms. The molecule has 16 heavy (non-hydrogen) atoms. The number of rotatable bonds is 2. The predicted octanol–water partition coefficient (Wildman–Crippen LogP) is 1.77. The van der Waals surface area contributed by atoms with Crippen LogP contribution in [0.5, 0.6) is 0 Å². The van der Waals surface area contributed by atoms with E-state index < -0.39 is 5.60 Å². The average Bonchev–Trinajstić information content (AvgIpc) is 2.57. The Balaban J connectivity index is 2.67. The van der Waals surface area contributed by atoms with Crippen molar-refractivity contribution in [3.63, 3.8) is 0 Å². The molecule has 1 saturated heterocycles. The second-order valence-corrected chi connectivity index (χ2v) is 5.08. The predicted molar refractivity (Wildman–Crippen MR) is 64.4 cm³/mol. The molecule has 0 bridgehead atoms. The zero-order valence-corrected chi connectivity index (χ0v) is 10.6. The largest absolute Gasteiger partial charge is 0.444 e. The van der Waals surface area contributed by atoms with Crippen molar-refractivity contribution in [1.29, 1.82) is 0 Å². The number of ether oxygens (including phenoxy) is 1. The van der Waals surface area contributed by atoms with Gasteiger partial charge in [-0.2, -0.15) is 0 Å². The van der Waals surface area contributed by atoms with E-state index in [1.54, 1.807) is 11.0 Å². The number of carbonyl (C=O) groups excluding carboxylic acids is 1. The van der Waals surface area contributed by atoms with E-state index in [-0.39, 0.29) is 18.2 Å².